The molecule has 92 valence electrons. The van der Waals surface area contributed by atoms with E-state index >= 15 is 0 Å². The number of fused-ring (bicyclic) bond motifs is 1. The molecule has 2 atom stereocenters. The summed E-state index contributed by atoms with van der Waals surface area (Å²) < 4.78 is 9.75. The van der Waals surface area contributed by atoms with Crippen LogP contribution in [0.5, 0.6) is 5.88 Å². The van der Waals surface area contributed by atoms with E-state index in [0.29, 0.717) is 18.7 Å². The average Bonchev–Trinajstić information content (AvgIpc) is 2.37. The van der Waals surface area contributed by atoms with E-state index in [-0.39, 0.29) is 0 Å². The molecule has 1 heterocycles. The van der Waals surface area contributed by atoms with Gasteiger partial charge < -0.3 is 14.6 Å². The predicted molar refractivity (Wildman–Crippen MR) is 59.9 cm³/mol. The number of pyridine rings is 1. The number of ether oxygens (including phenoxy) is 2. The Hall–Kier alpha value is -1.62. The van der Waals surface area contributed by atoms with E-state index < -0.39 is 18.0 Å². The van der Waals surface area contributed by atoms with Crippen molar-refractivity contribution >= 4 is 5.97 Å². The van der Waals surface area contributed by atoms with Crippen LogP contribution in [0.1, 0.15) is 23.6 Å². The first kappa shape index (κ1) is 11.9. The Balaban J connectivity index is 2.41. The van der Waals surface area contributed by atoms with Crippen molar-refractivity contribution in [2.24, 2.45) is 0 Å². The van der Waals surface area contributed by atoms with Gasteiger partial charge in [0.1, 0.15) is 5.92 Å². The zero-order valence-corrected chi connectivity index (χ0v) is 9.84. The number of hydrogen-bond donors (Lipinski definition) is 1. The molecule has 0 fully saturated rings. The van der Waals surface area contributed by atoms with Crippen molar-refractivity contribution in [3.63, 3.8) is 0 Å². The highest BCUT2D eigenvalue weighted by atomic mass is 16.5. The maximum absolute atomic E-state index is 11.7. The molecule has 0 radical (unpaired) electrons. The van der Waals surface area contributed by atoms with Gasteiger partial charge in [0.05, 0.1) is 20.3 Å². The first-order chi connectivity index (χ1) is 8.17. The van der Waals surface area contributed by atoms with Crippen molar-refractivity contribution in [3.05, 3.63) is 23.4 Å². The summed E-state index contributed by atoms with van der Waals surface area (Å²) in [7, 11) is 2.87. The fraction of sp³-hybridized carbons (Fsp3) is 0.500. The van der Waals surface area contributed by atoms with Crippen molar-refractivity contribution in [2.75, 3.05) is 14.2 Å². The number of aryl methyl sites for hydroxylation is 1. The molecule has 5 heteroatoms. The second-order valence-corrected chi connectivity index (χ2v) is 4.00. The quantitative estimate of drug-likeness (QED) is 0.765. The zero-order chi connectivity index (χ0) is 12.4. The van der Waals surface area contributed by atoms with Crippen molar-refractivity contribution in [2.45, 2.75) is 24.9 Å². The summed E-state index contributed by atoms with van der Waals surface area (Å²) in [5.41, 5.74) is 1.53. The molecule has 5 nitrogen and oxygen atoms in total. The van der Waals surface area contributed by atoms with Crippen LogP contribution >= 0.6 is 0 Å². The number of carbonyl (C=O) groups excluding carboxylic acids is 1. The lowest BCUT2D eigenvalue weighted by Gasteiger charge is -2.27. The summed E-state index contributed by atoms with van der Waals surface area (Å²) in [4.78, 5) is 15.9. The highest BCUT2D eigenvalue weighted by molar-refractivity contribution is 5.79. The second-order valence-electron chi connectivity index (χ2n) is 4.00. The molecule has 1 aromatic heterocycles. The van der Waals surface area contributed by atoms with Gasteiger partial charge >= 0.3 is 5.97 Å². The molecule has 0 aromatic carbocycles. The van der Waals surface area contributed by atoms with Crippen LogP contribution in [0.2, 0.25) is 0 Å². The van der Waals surface area contributed by atoms with E-state index in [1.165, 1.54) is 7.11 Å². The molecule has 0 saturated heterocycles. The number of esters is 1. The Morgan fingerprint density at radius 3 is 2.88 bits per heavy atom. The van der Waals surface area contributed by atoms with E-state index in [0.717, 1.165) is 11.3 Å². The maximum Gasteiger partial charge on any atom is 0.315 e. The van der Waals surface area contributed by atoms with Gasteiger partial charge in [0.15, 0.2) is 0 Å². The van der Waals surface area contributed by atoms with Crippen LogP contribution in [0.15, 0.2) is 12.1 Å². The van der Waals surface area contributed by atoms with Crippen LogP contribution in [-0.2, 0) is 16.0 Å². The largest absolute Gasteiger partial charge is 0.481 e. The van der Waals surface area contributed by atoms with Crippen molar-refractivity contribution in [1.29, 1.82) is 0 Å². The molecular formula is C12H15NO4. The molecule has 1 aliphatic carbocycles. The number of aliphatic hydroxyl groups excluding tert-OH is 1. The molecule has 0 spiro atoms. The van der Waals surface area contributed by atoms with Crippen LogP contribution in [0.25, 0.3) is 0 Å². The smallest absolute Gasteiger partial charge is 0.315 e. The topological polar surface area (TPSA) is 68.7 Å². The number of methoxy groups -OCH3 is 2. The summed E-state index contributed by atoms with van der Waals surface area (Å²) in [6.45, 7) is 0. The van der Waals surface area contributed by atoms with Crippen LogP contribution in [0.3, 0.4) is 0 Å². The van der Waals surface area contributed by atoms with Crippen molar-refractivity contribution in [1.82, 2.24) is 4.98 Å². The summed E-state index contributed by atoms with van der Waals surface area (Å²) >= 11 is 0. The van der Waals surface area contributed by atoms with Gasteiger partial charge in [-0.15, -0.1) is 0 Å². The molecular weight excluding hydrogens is 222 g/mol. The normalized spacial score (nSPS) is 22.8. The number of aromatic nitrogens is 1. The number of carbonyl (C=O) groups is 1. The minimum atomic E-state index is -0.704. The molecule has 0 amide bonds. The molecule has 0 bridgehead atoms. The summed E-state index contributed by atoms with van der Waals surface area (Å²) in [5.74, 6) is -0.545. The Kier molecular flexibility index (Phi) is 3.28. The molecule has 2 unspecified atom stereocenters. The van der Waals surface area contributed by atoms with Crippen LogP contribution < -0.4 is 4.74 Å². The third-order valence-corrected chi connectivity index (χ3v) is 3.04. The zero-order valence-electron chi connectivity index (χ0n) is 9.84. The van der Waals surface area contributed by atoms with Crippen LogP contribution in [-0.4, -0.2) is 36.4 Å². The van der Waals surface area contributed by atoms with Gasteiger partial charge in [-0.05, 0) is 18.4 Å². The molecule has 1 aliphatic rings. The second kappa shape index (κ2) is 4.71. The van der Waals surface area contributed by atoms with E-state index in [4.69, 9.17) is 9.47 Å². The van der Waals surface area contributed by atoms with E-state index in [9.17, 15) is 9.90 Å². The molecule has 0 saturated carbocycles. The Morgan fingerprint density at radius 2 is 2.24 bits per heavy atom. The fourth-order valence-electron chi connectivity index (χ4n) is 2.16. The minimum Gasteiger partial charge on any atom is -0.481 e. The highest BCUT2D eigenvalue weighted by Gasteiger charge is 2.35. The standard InChI is InChI=1S/C12H15NO4/c1-16-10-6-3-7-8(13-10)4-5-9(14)11(7)12(15)17-2/h3,6,9,11,14H,4-5H2,1-2H3. The van der Waals surface area contributed by atoms with Gasteiger partial charge in [-0.2, -0.15) is 0 Å². The first-order valence-electron chi connectivity index (χ1n) is 5.47. The number of nitrogens with zero attached hydrogens (tertiary/aromatic N) is 1. The summed E-state index contributed by atoms with van der Waals surface area (Å²) in [5, 5.41) is 9.88. The average molecular weight is 237 g/mol. The molecule has 0 aliphatic heterocycles. The van der Waals surface area contributed by atoms with Crippen molar-refractivity contribution in [3.8, 4) is 5.88 Å². The van der Waals surface area contributed by atoms with E-state index in [2.05, 4.69) is 4.98 Å². The fourth-order valence-corrected chi connectivity index (χ4v) is 2.16. The number of hydrogen-bond acceptors (Lipinski definition) is 5. The Bertz CT molecular complexity index is 433. The monoisotopic (exact) mass is 237 g/mol. The molecule has 1 N–H and O–H groups in total. The maximum atomic E-state index is 11.7. The molecule has 1 aromatic rings. The molecule has 2 rings (SSSR count). The Labute approximate surface area is 99.4 Å². The minimum absolute atomic E-state index is 0.426. The van der Waals surface area contributed by atoms with Gasteiger partial charge in [0.25, 0.3) is 0 Å². The van der Waals surface area contributed by atoms with Gasteiger partial charge in [-0.25, -0.2) is 4.98 Å². The third-order valence-electron chi connectivity index (χ3n) is 3.04. The van der Waals surface area contributed by atoms with Crippen LogP contribution in [0.4, 0.5) is 0 Å². The van der Waals surface area contributed by atoms with E-state index in [1.807, 2.05) is 0 Å². The summed E-state index contributed by atoms with van der Waals surface area (Å²) in [6, 6.07) is 3.46. The van der Waals surface area contributed by atoms with Crippen molar-refractivity contribution < 1.29 is 19.4 Å². The number of aliphatic hydroxyl groups is 1. The van der Waals surface area contributed by atoms with Crippen LogP contribution in [0, 0.1) is 0 Å². The predicted octanol–water partition coefficient (Wildman–Crippen LogP) is 0.654. The van der Waals surface area contributed by atoms with Gasteiger partial charge in [-0.1, -0.05) is 6.07 Å². The Morgan fingerprint density at radius 1 is 1.47 bits per heavy atom. The third kappa shape index (κ3) is 2.10. The van der Waals surface area contributed by atoms with Gasteiger partial charge in [0.2, 0.25) is 5.88 Å². The lowest BCUT2D eigenvalue weighted by molar-refractivity contribution is -0.145. The lowest BCUT2D eigenvalue weighted by Crippen LogP contribution is -2.32. The SMILES string of the molecule is COC(=O)C1c2ccc(OC)nc2CCC1O. The van der Waals surface area contributed by atoms with Gasteiger partial charge in [0, 0.05) is 11.8 Å². The lowest BCUT2D eigenvalue weighted by atomic mass is 9.83. The first-order valence-corrected chi connectivity index (χ1v) is 5.47. The number of rotatable bonds is 2. The molecule has 17 heavy (non-hydrogen) atoms. The van der Waals surface area contributed by atoms with E-state index in [1.54, 1.807) is 19.2 Å². The van der Waals surface area contributed by atoms with Gasteiger partial charge in [-0.3, -0.25) is 4.79 Å². The highest BCUT2D eigenvalue weighted by Crippen LogP contribution is 2.32. The summed E-state index contributed by atoms with van der Waals surface area (Å²) in [6.07, 6.45) is 0.443.